The van der Waals surface area contributed by atoms with Crippen molar-refractivity contribution < 1.29 is 32.6 Å². The second-order valence-corrected chi connectivity index (χ2v) is 9.55. The maximum absolute atomic E-state index is 14.3. The third kappa shape index (κ3) is 8.09. The molecule has 0 saturated carbocycles. The highest BCUT2D eigenvalue weighted by Gasteiger charge is 2.25. The lowest BCUT2D eigenvalue weighted by Gasteiger charge is -2.31. The number of hydrogen-bond donors (Lipinski definition) is 3. The van der Waals surface area contributed by atoms with Crippen molar-refractivity contribution in [1.82, 2.24) is 19.9 Å². The highest BCUT2D eigenvalue weighted by Crippen LogP contribution is 2.32. The minimum absolute atomic E-state index is 0.0897. The number of carbonyl (C=O) groups excluding carboxylic acids is 3. The van der Waals surface area contributed by atoms with Crippen LogP contribution in [0.4, 0.5) is 18.6 Å². The van der Waals surface area contributed by atoms with E-state index < -0.39 is 17.8 Å². The fraction of sp³-hybridized carbons (Fsp3) is 0.520. The van der Waals surface area contributed by atoms with Crippen molar-refractivity contribution in [2.45, 2.75) is 32.8 Å². The van der Waals surface area contributed by atoms with Gasteiger partial charge in [0.05, 0.1) is 7.11 Å². The molecule has 2 aromatic rings. The number of hydrogen-bond acceptors (Lipinski definition) is 8. The predicted molar refractivity (Wildman–Crippen MR) is 139 cm³/mol. The van der Waals surface area contributed by atoms with Crippen LogP contribution in [0, 0.1) is 11.7 Å². The summed E-state index contributed by atoms with van der Waals surface area (Å²) < 4.78 is 41.3. The SMILES string of the molecule is CCNC(=O)c1ccc(F)c(COc2nsc(NC(=O)NCCC3CCN(CCF)CC3)c2C(=O)OC)c1. The smallest absolute Gasteiger partial charge is 0.346 e. The molecule has 1 saturated heterocycles. The monoisotopic (exact) mass is 553 g/mol. The summed E-state index contributed by atoms with van der Waals surface area (Å²) in [7, 11) is 1.18. The Bertz CT molecular complexity index is 1110. The van der Waals surface area contributed by atoms with E-state index in [1.807, 2.05) is 0 Å². The Morgan fingerprint density at radius 3 is 2.66 bits per heavy atom. The molecule has 1 aliphatic heterocycles. The van der Waals surface area contributed by atoms with Gasteiger partial charge in [-0.1, -0.05) is 0 Å². The number of aromatic nitrogens is 1. The van der Waals surface area contributed by atoms with Gasteiger partial charge in [0.2, 0.25) is 5.88 Å². The van der Waals surface area contributed by atoms with Crippen molar-refractivity contribution >= 4 is 34.4 Å². The third-order valence-electron chi connectivity index (χ3n) is 6.23. The molecular formula is C25H33F2N5O5S. The summed E-state index contributed by atoms with van der Waals surface area (Å²) in [4.78, 5) is 39.1. The quantitative estimate of drug-likeness (QED) is 0.344. The van der Waals surface area contributed by atoms with E-state index in [2.05, 4.69) is 25.2 Å². The highest BCUT2D eigenvalue weighted by atomic mass is 32.1. The topological polar surface area (TPSA) is 122 Å². The number of likely N-dealkylation sites (tertiary alicyclic amines) is 1. The molecule has 1 aliphatic rings. The standard InChI is InChI=1S/C25H33F2N5O5S/c1-3-28-21(33)17-4-5-19(27)18(14-17)15-37-22-20(24(34)36-2)23(38-31-22)30-25(35)29-10-6-16-7-11-32(12-8-16)13-9-26/h4-5,14,16H,3,6-13,15H2,1-2H3,(H,28,33)(H2,29,30,35). The first-order valence-electron chi connectivity index (χ1n) is 12.5. The second kappa shape index (κ2) is 14.6. The molecule has 0 atom stereocenters. The first-order valence-corrected chi connectivity index (χ1v) is 13.2. The Balaban J connectivity index is 1.57. The molecule has 0 aliphatic carbocycles. The minimum atomic E-state index is -0.777. The molecule has 0 radical (unpaired) electrons. The third-order valence-corrected chi connectivity index (χ3v) is 6.98. The van der Waals surface area contributed by atoms with Gasteiger partial charge >= 0.3 is 12.0 Å². The summed E-state index contributed by atoms with van der Waals surface area (Å²) >= 11 is 0.827. The molecule has 13 heteroatoms. The van der Waals surface area contributed by atoms with Crippen LogP contribution in [-0.2, 0) is 11.3 Å². The fourth-order valence-corrected chi connectivity index (χ4v) is 4.85. The number of halogens is 2. The van der Waals surface area contributed by atoms with E-state index in [0.717, 1.165) is 50.0 Å². The number of methoxy groups -OCH3 is 1. The molecule has 38 heavy (non-hydrogen) atoms. The number of piperidine rings is 1. The first-order chi connectivity index (χ1) is 18.4. The van der Waals surface area contributed by atoms with Gasteiger partial charge in [0, 0.05) is 30.8 Å². The number of esters is 1. The number of carbonyl (C=O) groups is 3. The summed E-state index contributed by atoms with van der Waals surface area (Å²) in [6.07, 6.45) is 2.70. The zero-order valence-electron chi connectivity index (χ0n) is 21.5. The number of nitrogens with one attached hydrogen (secondary N) is 3. The Hall–Kier alpha value is -3.32. The first kappa shape index (κ1) is 29.2. The van der Waals surface area contributed by atoms with E-state index in [-0.39, 0.29) is 46.8 Å². The van der Waals surface area contributed by atoms with Crippen molar-refractivity contribution in [2.75, 3.05) is 51.8 Å². The van der Waals surface area contributed by atoms with Crippen LogP contribution in [0.5, 0.6) is 5.88 Å². The summed E-state index contributed by atoms with van der Waals surface area (Å²) in [6.45, 7) is 4.17. The van der Waals surface area contributed by atoms with Crippen molar-refractivity contribution in [3.63, 3.8) is 0 Å². The van der Waals surface area contributed by atoms with Gasteiger partial charge < -0.3 is 25.0 Å². The van der Waals surface area contributed by atoms with Crippen LogP contribution in [0.1, 0.15) is 52.5 Å². The average Bonchev–Trinajstić information content (AvgIpc) is 3.31. The maximum Gasteiger partial charge on any atom is 0.346 e. The summed E-state index contributed by atoms with van der Waals surface area (Å²) in [5, 5.41) is 8.14. The van der Waals surface area contributed by atoms with Gasteiger partial charge in [-0.3, -0.25) is 10.1 Å². The Kier molecular flexibility index (Phi) is 11.2. The molecule has 10 nitrogen and oxygen atoms in total. The number of rotatable bonds is 12. The van der Waals surface area contributed by atoms with E-state index in [9.17, 15) is 23.2 Å². The molecule has 3 N–H and O–H groups in total. The van der Waals surface area contributed by atoms with Gasteiger partial charge in [-0.05, 0) is 74.9 Å². The Morgan fingerprint density at radius 1 is 1.21 bits per heavy atom. The normalized spacial score (nSPS) is 14.1. The van der Waals surface area contributed by atoms with Crippen LogP contribution < -0.4 is 20.7 Å². The molecule has 0 unspecified atom stereocenters. The molecule has 1 aromatic carbocycles. The molecule has 0 bridgehead atoms. The molecule has 2 heterocycles. The maximum atomic E-state index is 14.3. The summed E-state index contributed by atoms with van der Waals surface area (Å²) in [5.74, 6) is -1.39. The second-order valence-electron chi connectivity index (χ2n) is 8.78. The van der Waals surface area contributed by atoms with Crippen molar-refractivity contribution in [1.29, 1.82) is 0 Å². The molecule has 1 aromatic heterocycles. The van der Waals surface area contributed by atoms with E-state index >= 15 is 0 Å². The van der Waals surface area contributed by atoms with Crippen molar-refractivity contribution in [2.24, 2.45) is 5.92 Å². The summed E-state index contributed by atoms with van der Waals surface area (Å²) in [6, 6.07) is 3.38. The lowest BCUT2D eigenvalue weighted by Crippen LogP contribution is -2.37. The lowest BCUT2D eigenvalue weighted by atomic mass is 9.93. The number of ether oxygens (including phenoxy) is 2. The molecule has 0 spiro atoms. The van der Waals surface area contributed by atoms with E-state index in [1.165, 1.54) is 19.2 Å². The largest absolute Gasteiger partial charge is 0.471 e. The number of nitrogens with zero attached hydrogens (tertiary/aromatic N) is 2. The van der Waals surface area contributed by atoms with Crippen LogP contribution >= 0.6 is 11.5 Å². The van der Waals surface area contributed by atoms with Crippen LogP contribution in [-0.4, -0.2) is 73.7 Å². The van der Waals surface area contributed by atoms with E-state index in [4.69, 9.17) is 9.47 Å². The van der Waals surface area contributed by atoms with Gasteiger partial charge in [-0.2, -0.15) is 4.37 Å². The van der Waals surface area contributed by atoms with Crippen LogP contribution in [0.2, 0.25) is 0 Å². The van der Waals surface area contributed by atoms with Crippen LogP contribution in [0.3, 0.4) is 0 Å². The number of anilines is 1. The van der Waals surface area contributed by atoms with Gasteiger partial charge in [0.15, 0.2) is 5.56 Å². The van der Waals surface area contributed by atoms with Crippen LogP contribution in [0.25, 0.3) is 0 Å². The predicted octanol–water partition coefficient (Wildman–Crippen LogP) is 3.59. The molecule has 208 valence electrons. The minimum Gasteiger partial charge on any atom is -0.471 e. The number of urea groups is 1. The number of alkyl halides is 1. The average molecular weight is 554 g/mol. The molecule has 3 amide bonds. The zero-order chi connectivity index (χ0) is 27.5. The highest BCUT2D eigenvalue weighted by molar-refractivity contribution is 7.11. The molecule has 1 fully saturated rings. The Morgan fingerprint density at radius 2 is 1.97 bits per heavy atom. The van der Waals surface area contributed by atoms with Crippen molar-refractivity contribution in [3.05, 3.63) is 40.7 Å². The van der Waals surface area contributed by atoms with Gasteiger partial charge in [-0.15, -0.1) is 0 Å². The van der Waals surface area contributed by atoms with Gasteiger partial charge in [0.25, 0.3) is 5.91 Å². The van der Waals surface area contributed by atoms with Crippen molar-refractivity contribution in [3.8, 4) is 5.88 Å². The fourth-order valence-electron chi connectivity index (χ4n) is 4.13. The molecular weight excluding hydrogens is 520 g/mol. The Labute approximate surface area is 224 Å². The number of amides is 3. The van der Waals surface area contributed by atoms with Gasteiger partial charge in [-0.25, -0.2) is 18.4 Å². The lowest BCUT2D eigenvalue weighted by molar-refractivity contribution is 0.0596. The zero-order valence-corrected chi connectivity index (χ0v) is 22.3. The van der Waals surface area contributed by atoms with E-state index in [1.54, 1.807) is 6.92 Å². The summed E-state index contributed by atoms with van der Waals surface area (Å²) in [5.41, 5.74) is 0.274. The van der Waals surface area contributed by atoms with E-state index in [0.29, 0.717) is 25.6 Å². The molecule has 3 rings (SSSR count). The van der Waals surface area contributed by atoms with Crippen LogP contribution in [0.15, 0.2) is 18.2 Å². The van der Waals surface area contributed by atoms with Gasteiger partial charge in [0.1, 0.15) is 24.1 Å². The number of benzene rings is 1.